The Bertz CT molecular complexity index is 1350. The van der Waals surface area contributed by atoms with Gasteiger partial charge in [0.05, 0.1) is 17.7 Å². The molecule has 1 N–H and O–H groups in total. The van der Waals surface area contributed by atoms with Gasteiger partial charge >= 0.3 is 0 Å². The molecule has 0 saturated carbocycles. The smallest absolute Gasteiger partial charge is 0.268 e. The third-order valence-electron chi connectivity index (χ3n) is 6.41. The van der Waals surface area contributed by atoms with Crippen LogP contribution in [0.25, 0.3) is 11.1 Å². The van der Waals surface area contributed by atoms with Crippen LogP contribution in [0.2, 0.25) is 0 Å². The average molecular weight is 447 g/mol. The summed E-state index contributed by atoms with van der Waals surface area (Å²) in [5.74, 6) is 0.406. The fraction of sp³-hybridized carbons (Fsp3) is 0.346. The first-order chi connectivity index (χ1) is 15.6. The molecule has 33 heavy (non-hydrogen) atoms. The van der Waals surface area contributed by atoms with Gasteiger partial charge in [0.25, 0.3) is 11.3 Å². The third-order valence-corrected chi connectivity index (χ3v) is 6.41. The van der Waals surface area contributed by atoms with E-state index in [1.54, 1.807) is 56.9 Å². The van der Waals surface area contributed by atoms with Crippen molar-refractivity contribution in [1.82, 2.24) is 4.90 Å². The molecule has 5 rings (SSSR count). The van der Waals surface area contributed by atoms with Gasteiger partial charge in [-0.2, -0.15) is 0 Å². The first-order valence-corrected chi connectivity index (χ1v) is 11.0. The Labute approximate surface area is 190 Å². The third kappa shape index (κ3) is 3.18. The number of hydrogen-bond donors (Lipinski definition) is 1. The molecule has 0 spiro atoms. The number of rotatable bonds is 4. The van der Waals surface area contributed by atoms with E-state index < -0.39 is 28.6 Å². The van der Waals surface area contributed by atoms with Crippen molar-refractivity contribution in [3.8, 4) is 22.6 Å². The van der Waals surface area contributed by atoms with Gasteiger partial charge in [-0.15, -0.1) is 0 Å². The van der Waals surface area contributed by atoms with Gasteiger partial charge in [0, 0.05) is 17.7 Å². The summed E-state index contributed by atoms with van der Waals surface area (Å²) in [4.78, 5) is 39.4. The maximum absolute atomic E-state index is 13.3. The van der Waals surface area contributed by atoms with Crippen LogP contribution in [-0.4, -0.2) is 33.7 Å². The van der Waals surface area contributed by atoms with Crippen molar-refractivity contribution in [2.24, 2.45) is 0 Å². The van der Waals surface area contributed by atoms with E-state index in [4.69, 9.17) is 9.47 Å². The van der Waals surface area contributed by atoms with Crippen molar-refractivity contribution in [1.29, 1.82) is 0 Å². The summed E-state index contributed by atoms with van der Waals surface area (Å²) in [5.41, 5.74) is 0.615. The van der Waals surface area contributed by atoms with Gasteiger partial charge in [0.2, 0.25) is 5.43 Å². The van der Waals surface area contributed by atoms with E-state index in [-0.39, 0.29) is 23.3 Å². The second-order valence-corrected chi connectivity index (χ2v) is 9.47. The van der Waals surface area contributed by atoms with Crippen molar-refractivity contribution >= 4 is 5.91 Å². The highest BCUT2D eigenvalue weighted by Crippen LogP contribution is 2.46. The molecule has 0 aliphatic carbocycles. The predicted molar refractivity (Wildman–Crippen MR) is 122 cm³/mol. The second kappa shape index (κ2) is 7.28. The van der Waals surface area contributed by atoms with E-state index in [1.165, 1.54) is 0 Å². The van der Waals surface area contributed by atoms with Crippen molar-refractivity contribution < 1.29 is 19.4 Å². The number of nitrogens with zero attached hydrogens (tertiary/aromatic N) is 1. The molecule has 0 radical (unpaired) electrons. The minimum Gasteiger partial charge on any atom is -0.486 e. The Morgan fingerprint density at radius 3 is 2.52 bits per heavy atom. The molecule has 1 amide bonds. The number of aliphatic hydroxyl groups is 1. The zero-order chi connectivity index (χ0) is 23.7. The SMILES string of the molecule is CC(C)Oc1c(-c2ccc3c(c2)[C@@H](N2Cc4ccccc4C2=O)[C@H](O)C(C)(C)O3)c(=O)c1=O. The fourth-order valence-electron chi connectivity index (χ4n) is 4.74. The molecule has 3 aromatic rings. The second-order valence-electron chi connectivity index (χ2n) is 9.47. The van der Waals surface area contributed by atoms with Crippen LogP contribution < -0.4 is 20.3 Å². The van der Waals surface area contributed by atoms with Crippen LogP contribution in [0.1, 0.15) is 55.2 Å². The molecule has 2 atom stereocenters. The Morgan fingerprint density at radius 2 is 1.82 bits per heavy atom. The molecule has 0 aromatic heterocycles. The number of fused-ring (bicyclic) bond motifs is 2. The molecule has 3 aromatic carbocycles. The number of carbonyl (C=O) groups excluding carboxylic acids is 1. The lowest BCUT2D eigenvalue weighted by molar-refractivity contribution is -0.0867. The fourth-order valence-corrected chi connectivity index (χ4v) is 4.74. The summed E-state index contributed by atoms with van der Waals surface area (Å²) in [7, 11) is 0. The molecule has 170 valence electrons. The van der Waals surface area contributed by atoms with Gasteiger partial charge in [-0.25, -0.2) is 0 Å². The predicted octanol–water partition coefficient (Wildman–Crippen LogP) is 2.97. The highest BCUT2D eigenvalue weighted by Gasteiger charge is 2.48. The Kier molecular flexibility index (Phi) is 4.72. The van der Waals surface area contributed by atoms with Crippen LogP contribution in [-0.2, 0) is 6.54 Å². The highest BCUT2D eigenvalue weighted by atomic mass is 16.5. The van der Waals surface area contributed by atoms with Crippen molar-refractivity contribution in [3.63, 3.8) is 0 Å². The molecule has 0 bridgehead atoms. The van der Waals surface area contributed by atoms with Gasteiger partial charge < -0.3 is 19.5 Å². The van der Waals surface area contributed by atoms with Crippen LogP contribution >= 0.6 is 0 Å². The molecule has 2 heterocycles. The van der Waals surface area contributed by atoms with Crippen LogP contribution in [0.4, 0.5) is 0 Å². The first kappa shape index (κ1) is 21.4. The molecule has 7 nitrogen and oxygen atoms in total. The summed E-state index contributed by atoms with van der Waals surface area (Å²) in [6.07, 6.45) is -1.28. The number of ether oxygens (including phenoxy) is 2. The molecular weight excluding hydrogens is 422 g/mol. The molecule has 7 heteroatoms. The zero-order valence-electron chi connectivity index (χ0n) is 18.9. The molecule has 0 saturated heterocycles. The lowest BCUT2D eigenvalue weighted by atomic mass is 9.84. The minimum absolute atomic E-state index is 0.0498. The maximum atomic E-state index is 13.3. The van der Waals surface area contributed by atoms with Crippen LogP contribution in [0.15, 0.2) is 52.1 Å². The Morgan fingerprint density at radius 1 is 1.09 bits per heavy atom. The van der Waals surface area contributed by atoms with Crippen molar-refractivity contribution in [3.05, 3.63) is 79.6 Å². The van der Waals surface area contributed by atoms with E-state index in [0.29, 0.717) is 29.0 Å². The van der Waals surface area contributed by atoms with Gasteiger partial charge in [-0.3, -0.25) is 14.4 Å². The van der Waals surface area contributed by atoms with E-state index in [9.17, 15) is 19.5 Å². The molecule has 2 aliphatic rings. The molecule has 0 fully saturated rings. The standard InChI is InChI=1S/C26H25NO6/c1-13(2)32-23-19(21(28)22(23)29)14-9-10-18-17(11-14)20(24(30)26(3,4)33-18)27-12-15-7-5-6-8-16(15)25(27)31/h5-11,13,20,24,30H,12H2,1-4H3/t20-,24+/m1/s1. The van der Waals surface area contributed by atoms with Crippen molar-refractivity contribution in [2.45, 2.75) is 58.1 Å². The monoisotopic (exact) mass is 447 g/mol. The minimum atomic E-state index is -1.02. The summed E-state index contributed by atoms with van der Waals surface area (Å²) in [6, 6.07) is 11.8. The van der Waals surface area contributed by atoms with Gasteiger partial charge in [0.15, 0.2) is 5.75 Å². The van der Waals surface area contributed by atoms with Gasteiger partial charge in [-0.1, -0.05) is 24.3 Å². The zero-order valence-corrected chi connectivity index (χ0v) is 18.9. The quantitative estimate of drug-likeness (QED) is 0.618. The number of carbonyl (C=O) groups is 1. The van der Waals surface area contributed by atoms with Gasteiger partial charge in [-0.05, 0) is 57.0 Å². The van der Waals surface area contributed by atoms with E-state index in [0.717, 1.165) is 5.56 Å². The molecular formula is C26H25NO6. The van der Waals surface area contributed by atoms with E-state index in [1.807, 2.05) is 18.2 Å². The van der Waals surface area contributed by atoms with Crippen LogP contribution in [0.5, 0.6) is 11.5 Å². The normalized spacial score (nSPS) is 21.2. The largest absolute Gasteiger partial charge is 0.486 e. The van der Waals surface area contributed by atoms with E-state index >= 15 is 0 Å². The molecule has 2 aliphatic heterocycles. The van der Waals surface area contributed by atoms with Crippen molar-refractivity contribution in [2.75, 3.05) is 0 Å². The Hall–Kier alpha value is -3.45. The Balaban J connectivity index is 1.63. The molecule has 0 unspecified atom stereocenters. The summed E-state index contributed by atoms with van der Waals surface area (Å²) in [5, 5.41) is 11.3. The number of aliphatic hydroxyl groups excluding tert-OH is 1. The highest BCUT2D eigenvalue weighted by molar-refractivity contribution is 5.98. The average Bonchev–Trinajstić information content (AvgIpc) is 3.10. The number of benzene rings is 2. The summed E-state index contributed by atoms with van der Waals surface area (Å²) in [6.45, 7) is 7.48. The summed E-state index contributed by atoms with van der Waals surface area (Å²) < 4.78 is 11.7. The lowest BCUT2D eigenvalue weighted by Crippen LogP contribution is -2.53. The maximum Gasteiger partial charge on any atom is 0.268 e. The lowest BCUT2D eigenvalue weighted by Gasteiger charge is -2.45. The van der Waals surface area contributed by atoms with Crippen LogP contribution in [0, 0.1) is 0 Å². The first-order valence-electron chi connectivity index (χ1n) is 11.0. The van der Waals surface area contributed by atoms with Crippen LogP contribution in [0.3, 0.4) is 0 Å². The summed E-state index contributed by atoms with van der Waals surface area (Å²) >= 11 is 0. The van der Waals surface area contributed by atoms with E-state index in [2.05, 4.69) is 0 Å². The topological polar surface area (TPSA) is 93.1 Å². The van der Waals surface area contributed by atoms with Gasteiger partial charge in [0.1, 0.15) is 17.5 Å². The number of hydrogen-bond acceptors (Lipinski definition) is 6. The number of amides is 1.